The van der Waals surface area contributed by atoms with Crippen molar-refractivity contribution in [3.05, 3.63) is 40.7 Å². The zero-order valence-corrected chi connectivity index (χ0v) is 8.66. The summed E-state index contributed by atoms with van der Waals surface area (Å²) in [5.74, 6) is 0.934. The second-order valence-corrected chi connectivity index (χ2v) is 4.03. The van der Waals surface area contributed by atoms with E-state index in [-0.39, 0.29) is 0 Å². The second-order valence-electron chi connectivity index (χ2n) is 3.25. The fourth-order valence-electron chi connectivity index (χ4n) is 1.48. The molecule has 4 nitrogen and oxygen atoms in total. The summed E-state index contributed by atoms with van der Waals surface area (Å²) in [5.41, 5.74) is 2.89. The Morgan fingerprint density at radius 2 is 2.40 bits per heavy atom. The van der Waals surface area contributed by atoms with E-state index in [0.29, 0.717) is 0 Å². The Morgan fingerprint density at radius 1 is 1.40 bits per heavy atom. The van der Waals surface area contributed by atoms with Crippen molar-refractivity contribution in [1.82, 2.24) is 19.9 Å². The lowest BCUT2D eigenvalue weighted by Crippen LogP contribution is -1.87. The molecule has 0 saturated heterocycles. The molecule has 0 atom stereocenters. The average molecular weight is 216 g/mol. The van der Waals surface area contributed by atoms with E-state index in [1.54, 1.807) is 17.5 Å². The fourth-order valence-corrected chi connectivity index (χ4v) is 2.15. The highest BCUT2D eigenvalue weighted by molar-refractivity contribution is 7.07. The summed E-state index contributed by atoms with van der Waals surface area (Å²) >= 11 is 1.70. The summed E-state index contributed by atoms with van der Waals surface area (Å²) in [6.45, 7) is 0. The molecule has 0 unspecified atom stereocenters. The summed E-state index contributed by atoms with van der Waals surface area (Å²) in [4.78, 5) is 15.6. The van der Waals surface area contributed by atoms with Gasteiger partial charge in [-0.15, -0.1) is 0 Å². The minimum absolute atomic E-state index is 0.732. The highest BCUT2D eigenvalue weighted by Crippen LogP contribution is 2.12. The van der Waals surface area contributed by atoms with Gasteiger partial charge in [-0.1, -0.05) is 0 Å². The monoisotopic (exact) mass is 216 g/mol. The average Bonchev–Trinajstić information content (AvgIpc) is 2.86. The van der Waals surface area contributed by atoms with Gasteiger partial charge >= 0.3 is 0 Å². The number of H-pyrrole nitrogens is 1. The van der Waals surface area contributed by atoms with Crippen molar-refractivity contribution in [2.24, 2.45) is 0 Å². The number of hydrogen-bond donors (Lipinski definition) is 1. The smallest absolute Gasteiger partial charge is 0.180 e. The third-order valence-electron chi connectivity index (χ3n) is 2.16. The van der Waals surface area contributed by atoms with Crippen LogP contribution in [0.2, 0.25) is 0 Å². The molecule has 1 N–H and O–H groups in total. The zero-order valence-electron chi connectivity index (χ0n) is 7.84. The first kappa shape index (κ1) is 8.55. The second kappa shape index (κ2) is 3.43. The summed E-state index contributed by atoms with van der Waals surface area (Å²) in [7, 11) is 0. The molecule has 3 rings (SSSR count). The van der Waals surface area contributed by atoms with Crippen LogP contribution in [0.4, 0.5) is 0 Å². The molecule has 3 aromatic heterocycles. The number of imidazole rings is 1. The van der Waals surface area contributed by atoms with E-state index >= 15 is 0 Å². The molecule has 0 bridgehead atoms. The molecular weight excluding hydrogens is 208 g/mol. The van der Waals surface area contributed by atoms with Gasteiger partial charge in [0, 0.05) is 6.42 Å². The molecule has 0 fully saturated rings. The van der Waals surface area contributed by atoms with Crippen LogP contribution in [0.25, 0.3) is 11.2 Å². The minimum Gasteiger partial charge on any atom is -0.339 e. The summed E-state index contributed by atoms with van der Waals surface area (Å²) < 4.78 is 0. The van der Waals surface area contributed by atoms with E-state index in [2.05, 4.69) is 36.8 Å². The molecule has 0 spiro atoms. The van der Waals surface area contributed by atoms with E-state index in [9.17, 15) is 0 Å². The van der Waals surface area contributed by atoms with Crippen LogP contribution in [0.5, 0.6) is 0 Å². The first-order valence-electron chi connectivity index (χ1n) is 4.57. The van der Waals surface area contributed by atoms with Crippen LogP contribution in [-0.2, 0) is 6.42 Å². The topological polar surface area (TPSA) is 54.5 Å². The van der Waals surface area contributed by atoms with Gasteiger partial charge in [-0.05, 0) is 22.4 Å². The number of thiophene rings is 1. The van der Waals surface area contributed by atoms with Gasteiger partial charge in [0.05, 0.1) is 6.20 Å². The number of fused-ring (bicyclic) bond motifs is 1. The maximum Gasteiger partial charge on any atom is 0.180 e. The first-order chi connectivity index (χ1) is 7.42. The normalized spacial score (nSPS) is 10.9. The SMILES string of the molecule is c1ncc2[nH]c(Cc3ccsc3)nc2n1. The van der Waals surface area contributed by atoms with Crippen molar-refractivity contribution in [2.75, 3.05) is 0 Å². The number of nitrogens with one attached hydrogen (secondary N) is 1. The summed E-state index contributed by atoms with van der Waals surface area (Å²) in [5, 5.41) is 4.19. The molecule has 5 heteroatoms. The lowest BCUT2D eigenvalue weighted by molar-refractivity contribution is 1.04. The van der Waals surface area contributed by atoms with Crippen LogP contribution in [-0.4, -0.2) is 19.9 Å². The van der Waals surface area contributed by atoms with Crippen molar-refractivity contribution >= 4 is 22.5 Å². The van der Waals surface area contributed by atoms with Crippen LogP contribution < -0.4 is 0 Å². The van der Waals surface area contributed by atoms with E-state index in [1.807, 2.05) is 0 Å². The fraction of sp³-hybridized carbons (Fsp3) is 0.100. The first-order valence-corrected chi connectivity index (χ1v) is 5.52. The third kappa shape index (κ3) is 1.61. The summed E-state index contributed by atoms with van der Waals surface area (Å²) in [6, 6.07) is 2.10. The van der Waals surface area contributed by atoms with Crippen LogP contribution in [0, 0.1) is 0 Å². The molecule has 0 aliphatic heterocycles. The Morgan fingerprint density at radius 3 is 3.20 bits per heavy atom. The molecule has 0 aliphatic carbocycles. The highest BCUT2D eigenvalue weighted by Gasteiger charge is 2.04. The van der Waals surface area contributed by atoms with Crippen LogP contribution in [0.3, 0.4) is 0 Å². The molecule has 0 amide bonds. The number of hydrogen-bond acceptors (Lipinski definition) is 4. The number of rotatable bonds is 2. The lowest BCUT2D eigenvalue weighted by atomic mass is 10.2. The molecule has 3 aromatic rings. The molecule has 0 saturated carbocycles. The zero-order chi connectivity index (χ0) is 10.1. The van der Waals surface area contributed by atoms with Gasteiger partial charge in [-0.25, -0.2) is 15.0 Å². The molecule has 0 aromatic carbocycles. The standard InChI is InChI=1S/C10H8N4S/c1-2-15-5-7(1)3-9-13-8-4-11-6-12-10(8)14-9/h1-2,4-6H,3H2,(H,11,12,13,14). The predicted octanol–water partition coefficient (Wildman–Crippen LogP) is 2.01. The van der Waals surface area contributed by atoms with Crippen molar-refractivity contribution in [2.45, 2.75) is 6.42 Å². The molecule has 3 heterocycles. The number of aromatic nitrogens is 4. The van der Waals surface area contributed by atoms with Crippen LogP contribution >= 0.6 is 11.3 Å². The minimum atomic E-state index is 0.732. The molecular formula is C10H8N4S. The quantitative estimate of drug-likeness (QED) is 0.712. The summed E-state index contributed by atoms with van der Waals surface area (Å²) in [6.07, 6.45) is 4.07. The maximum atomic E-state index is 4.39. The van der Waals surface area contributed by atoms with E-state index in [4.69, 9.17) is 0 Å². The van der Waals surface area contributed by atoms with Gasteiger partial charge in [0.25, 0.3) is 0 Å². The van der Waals surface area contributed by atoms with E-state index in [0.717, 1.165) is 23.4 Å². The van der Waals surface area contributed by atoms with E-state index in [1.165, 1.54) is 11.9 Å². The van der Waals surface area contributed by atoms with Gasteiger partial charge in [-0.2, -0.15) is 11.3 Å². The highest BCUT2D eigenvalue weighted by atomic mass is 32.1. The maximum absolute atomic E-state index is 4.39. The van der Waals surface area contributed by atoms with Crippen molar-refractivity contribution in [3.63, 3.8) is 0 Å². The predicted molar refractivity (Wildman–Crippen MR) is 58.8 cm³/mol. The van der Waals surface area contributed by atoms with Crippen molar-refractivity contribution in [3.8, 4) is 0 Å². The number of nitrogens with zero attached hydrogens (tertiary/aromatic N) is 3. The molecule has 74 valence electrons. The Bertz CT molecular complexity index is 537. The Kier molecular flexibility index (Phi) is 1.96. The molecule has 0 radical (unpaired) electrons. The van der Waals surface area contributed by atoms with E-state index < -0.39 is 0 Å². The molecule has 15 heavy (non-hydrogen) atoms. The van der Waals surface area contributed by atoms with Crippen LogP contribution in [0.1, 0.15) is 11.4 Å². The van der Waals surface area contributed by atoms with Gasteiger partial charge in [0.1, 0.15) is 17.7 Å². The van der Waals surface area contributed by atoms with Gasteiger partial charge < -0.3 is 4.98 Å². The van der Waals surface area contributed by atoms with Crippen molar-refractivity contribution < 1.29 is 0 Å². The Balaban J connectivity index is 1.98. The molecule has 0 aliphatic rings. The Labute approximate surface area is 90.0 Å². The Hall–Kier alpha value is -1.75. The van der Waals surface area contributed by atoms with Gasteiger partial charge in [0.2, 0.25) is 0 Å². The number of aromatic amines is 1. The van der Waals surface area contributed by atoms with Crippen LogP contribution in [0.15, 0.2) is 29.4 Å². The van der Waals surface area contributed by atoms with Gasteiger partial charge in [0.15, 0.2) is 5.65 Å². The third-order valence-corrected chi connectivity index (χ3v) is 2.89. The van der Waals surface area contributed by atoms with Gasteiger partial charge in [-0.3, -0.25) is 0 Å². The largest absolute Gasteiger partial charge is 0.339 e. The van der Waals surface area contributed by atoms with Crippen molar-refractivity contribution in [1.29, 1.82) is 0 Å². The lowest BCUT2D eigenvalue weighted by Gasteiger charge is -1.90.